The molecule has 2 aromatic rings. The minimum absolute atomic E-state index is 0.0270. The Bertz CT molecular complexity index is 701. The SMILES string of the molecule is CC(Sc1nccn1-c1ccccc1C(C)C)C(=O)NC(C)(C)C. The Balaban J connectivity index is 2.24. The zero-order valence-electron chi connectivity index (χ0n) is 15.3. The number of thioether (sulfide) groups is 1. The average Bonchev–Trinajstić information content (AvgIpc) is 2.93. The van der Waals surface area contributed by atoms with Gasteiger partial charge >= 0.3 is 0 Å². The molecule has 0 radical (unpaired) electrons. The molecule has 0 bridgehead atoms. The molecule has 1 amide bonds. The van der Waals surface area contributed by atoms with Gasteiger partial charge in [0.25, 0.3) is 0 Å². The van der Waals surface area contributed by atoms with E-state index in [-0.39, 0.29) is 16.7 Å². The molecule has 0 saturated heterocycles. The van der Waals surface area contributed by atoms with Crippen LogP contribution in [0.15, 0.2) is 41.8 Å². The molecule has 0 saturated carbocycles. The maximum atomic E-state index is 12.3. The highest BCUT2D eigenvalue weighted by atomic mass is 32.2. The van der Waals surface area contributed by atoms with Crippen LogP contribution >= 0.6 is 11.8 Å². The van der Waals surface area contributed by atoms with Gasteiger partial charge in [0, 0.05) is 17.9 Å². The number of carbonyl (C=O) groups excluding carboxylic acids is 1. The van der Waals surface area contributed by atoms with E-state index in [1.165, 1.54) is 17.3 Å². The lowest BCUT2D eigenvalue weighted by atomic mass is 10.0. The normalized spacial score (nSPS) is 13.1. The first-order valence-electron chi connectivity index (χ1n) is 8.30. The van der Waals surface area contributed by atoms with E-state index in [0.717, 1.165) is 10.8 Å². The standard InChI is InChI=1S/C19H27N3OS/c1-13(2)15-9-7-8-10-16(15)22-12-11-20-18(22)24-14(3)17(23)21-19(4,5)6/h7-14H,1-6H3,(H,21,23). The minimum atomic E-state index is -0.231. The van der Waals surface area contributed by atoms with Gasteiger partial charge in [-0.05, 0) is 45.2 Å². The van der Waals surface area contributed by atoms with E-state index in [0.29, 0.717) is 5.92 Å². The summed E-state index contributed by atoms with van der Waals surface area (Å²) < 4.78 is 2.07. The summed E-state index contributed by atoms with van der Waals surface area (Å²) >= 11 is 1.48. The van der Waals surface area contributed by atoms with Crippen molar-refractivity contribution >= 4 is 17.7 Å². The summed E-state index contributed by atoms with van der Waals surface area (Å²) in [7, 11) is 0. The van der Waals surface area contributed by atoms with Gasteiger partial charge in [0.2, 0.25) is 5.91 Å². The predicted molar refractivity (Wildman–Crippen MR) is 101 cm³/mol. The van der Waals surface area contributed by atoms with Crippen LogP contribution in [0.3, 0.4) is 0 Å². The second-order valence-corrected chi connectivity index (χ2v) is 8.60. The Hall–Kier alpha value is -1.75. The van der Waals surface area contributed by atoms with Crippen molar-refractivity contribution in [3.63, 3.8) is 0 Å². The molecule has 24 heavy (non-hydrogen) atoms. The molecule has 1 N–H and O–H groups in total. The predicted octanol–water partition coefficient (Wildman–Crippen LogP) is 4.39. The van der Waals surface area contributed by atoms with Crippen molar-refractivity contribution in [2.45, 2.75) is 63.4 Å². The van der Waals surface area contributed by atoms with Gasteiger partial charge in [-0.2, -0.15) is 0 Å². The van der Waals surface area contributed by atoms with Gasteiger partial charge in [-0.15, -0.1) is 0 Å². The Labute approximate surface area is 149 Å². The van der Waals surface area contributed by atoms with Crippen molar-refractivity contribution in [3.8, 4) is 5.69 Å². The minimum Gasteiger partial charge on any atom is -0.351 e. The van der Waals surface area contributed by atoms with Crippen molar-refractivity contribution in [2.24, 2.45) is 0 Å². The molecule has 1 aromatic heterocycles. The van der Waals surface area contributed by atoms with E-state index < -0.39 is 0 Å². The number of aromatic nitrogens is 2. The van der Waals surface area contributed by atoms with Gasteiger partial charge in [0.15, 0.2) is 5.16 Å². The van der Waals surface area contributed by atoms with Gasteiger partial charge in [-0.25, -0.2) is 4.98 Å². The third-order valence-corrected chi connectivity index (χ3v) is 4.66. The first-order valence-corrected chi connectivity index (χ1v) is 9.18. The number of nitrogens with one attached hydrogen (secondary N) is 1. The maximum absolute atomic E-state index is 12.3. The number of carbonyl (C=O) groups is 1. The van der Waals surface area contributed by atoms with E-state index in [4.69, 9.17) is 0 Å². The van der Waals surface area contributed by atoms with Crippen molar-refractivity contribution in [1.82, 2.24) is 14.9 Å². The monoisotopic (exact) mass is 345 g/mol. The lowest BCUT2D eigenvalue weighted by Gasteiger charge is -2.23. The summed E-state index contributed by atoms with van der Waals surface area (Å²) in [5, 5.41) is 3.64. The molecule has 0 aliphatic rings. The van der Waals surface area contributed by atoms with Gasteiger partial charge in [-0.1, -0.05) is 43.8 Å². The molecule has 5 heteroatoms. The Morgan fingerprint density at radius 1 is 1.21 bits per heavy atom. The van der Waals surface area contributed by atoms with E-state index in [1.54, 1.807) is 6.20 Å². The lowest BCUT2D eigenvalue weighted by Crippen LogP contribution is -2.44. The quantitative estimate of drug-likeness (QED) is 0.818. The highest BCUT2D eigenvalue weighted by molar-refractivity contribution is 8.00. The molecule has 2 rings (SSSR count). The van der Waals surface area contributed by atoms with E-state index in [9.17, 15) is 4.79 Å². The molecular weight excluding hydrogens is 318 g/mol. The molecular formula is C19H27N3OS. The smallest absolute Gasteiger partial charge is 0.233 e. The van der Waals surface area contributed by atoms with Crippen LogP contribution in [0.4, 0.5) is 0 Å². The molecule has 0 spiro atoms. The summed E-state index contributed by atoms with van der Waals surface area (Å²) in [5.41, 5.74) is 2.16. The number of para-hydroxylation sites is 1. The van der Waals surface area contributed by atoms with E-state index in [1.807, 2.05) is 40.0 Å². The number of imidazole rings is 1. The Morgan fingerprint density at radius 3 is 2.50 bits per heavy atom. The molecule has 0 fully saturated rings. The van der Waals surface area contributed by atoms with Gasteiger partial charge in [0.1, 0.15) is 0 Å². The van der Waals surface area contributed by atoms with Crippen LogP contribution < -0.4 is 5.32 Å². The van der Waals surface area contributed by atoms with Crippen LogP contribution in [0.1, 0.15) is 53.0 Å². The van der Waals surface area contributed by atoms with Crippen LogP contribution in [0.2, 0.25) is 0 Å². The molecule has 1 unspecified atom stereocenters. The van der Waals surface area contributed by atoms with Gasteiger partial charge < -0.3 is 5.32 Å². The van der Waals surface area contributed by atoms with Crippen molar-refractivity contribution in [1.29, 1.82) is 0 Å². The molecule has 1 aromatic carbocycles. The summed E-state index contributed by atoms with van der Waals surface area (Å²) in [4.78, 5) is 16.8. The van der Waals surface area contributed by atoms with E-state index >= 15 is 0 Å². The number of amides is 1. The first kappa shape index (κ1) is 18.6. The second-order valence-electron chi connectivity index (χ2n) is 7.29. The highest BCUT2D eigenvalue weighted by Crippen LogP contribution is 2.29. The fourth-order valence-corrected chi connectivity index (χ4v) is 3.31. The zero-order chi connectivity index (χ0) is 17.9. The maximum Gasteiger partial charge on any atom is 0.233 e. The topological polar surface area (TPSA) is 46.9 Å². The summed E-state index contributed by atoms with van der Waals surface area (Å²) in [5.74, 6) is 0.447. The molecule has 1 heterocycles. The largest absolute Gasteiger partial charge is 0.351 e. The number of nitrogens with zero attached hydrogens (tertiary/aromatic N) is 2. The molecule has 4 nitrogen and oxygen atoms in total. The highest BCUT2D eigenvalue weighted by Gasteiger charge is 2.22. The fourth-order valence-electron chi connectivity index (χ4n) is 2.44. The number of hydrogen-bond donors (Lipinski definition) is 1. The fraction of sp³-hybridized carbons (Fsp3) is 0.474. The Morgan fingerprint density at radius 2 is 1.88 bits per heavy atom. The van der Waals surface area contributed by atoms with Crippen LogP contribution in [0.25, 0.3) is 5.69 Å². The molecule has 1 atom stereocenters. The summed E-state index contributed by atoms with van der Waals surface area (Å²) in [6.45, 7) is 12.2. The third-order valence-electron chi connectivity index (χ3n) is 3.57. The molecule has 0 aliphatic carbocycles. The van der Waals surface area contributed by atoms with Crippen LogP contribution in [-0.2, 0) is 4.79 Å². The summed E-state index contributed by atoms with van der Waals surface area (Å²) in [6.07, 6.45) is 3.74. The van der Waals surface area contributed by atoms with Crippen molar-refractivity contribution in [2.75, 3.05) is 0 Å². The van der Waals surface area contributed by atoms with E-state index in [2.05, 4.69) is 46.9 Å². The summed E-state index contributed by atoms with van der Waals surface area (Å²) in [6, 6.07) is 8.33. The van der Waals surface area contributed by atoms with Crippen molar-refractivity contribution < 1.29 is 4.79 Å². The number of rotatable bonds is 5. The number of hydrogen-bond acceptors (Lipinski definition) is 3. The van der Waals surface area contributed by atoms with Crippen molar-refractivity contribution in [3.05, 3.63) is 42.2 Å². The molecule has 130 valence electrons. The second kappa shape index (κ2) is 7.43. The van der Waals surface area contributed by atoms with Crippen LogP contribution in [-0.4, -0.2) is 26.2 Å². The Kier molecular flexibility index (Phi) is 5.75. The third kappa shape index (κ3) is 4.63. The van der Waals surface area contributed by atoms with Crippen LogP contribution in [0, 0.1) is 0 Å². The van der Waals surface area contributed by atoms with Gasteiger partial charge in [0.05, 0.1) is 10.9 Å². The lowest BCUT2D eigenvalue weighted by molar-refractivity contribution is -0.121. The van der Waals surface area contributed by atoms with Gasteiger partial charge in [-0.3, -0.25) is 9.36 Å². The zero-order valence-corrected chi connectivity index (χ0v) is 16.1. The molecule has 0 aliphatic heterocycles. The average molecular weight is 346 g/mol. The first-order chi connectivity index (χ1) is 11.2. The number of benzene rings is 1. The van der Waals surface area contributed by atoms with Crippen LogP contribution in [0.5, 0.6) is 0 Å².